The summed E-state index contributed by atoms with van der Waals surface area (Å²) in [4.78, 5) is 14.6. The van der Waals surface area contributed by atoms with Gasteiger partial charge < -0.3 is 14.5 Å². The maximum atomic E-state index is 11.8. The van der Waals surface area contributed by atoms with Gasteiger partial charge in [-0.05, 0) is 48.9 Å². The quantitative estimate of drug-likeness (QED) is 0.545. The Hall–Kier alpha value is -3.28. The molecule has 0 saturated heterocycles. The first-order valence-electron chi connectivity index (χ1n) is 7.71. The van der Waals surface area contributed by atoms with Crippen LogP contribution >= 0.6 is 0 Å². The molecule has 0 fully saturated rings. The van der Waals surface area contributed by atoms with Crippen LogP contribution < -0.4 is 9.47 Å². The number of methoxy groups -OCH3 is 2. The third-order valence-electron chi connectivity index (χ3n) is 4.10. The van der Waals surface area contributed by atoms with Crippen LogP contribution in [0.15, 0.2) is 48.5 Å². The molecule has 0 radical (unpaired) electrons. The molecule has 0 atom stereocenters. The van der Waals surface area contributed by atoms with Gasteiger partial charge in [-0.3, -0.25) is 10.1 Å². The molecule has 128 valence electrons. The van der Waals surface area contributed by atoms with E-state index in [4.69, 9.17) is 9.47 Å². The summed E-state index contributed by atoms with van der Waals surface area (Å²) in [6, 6.07) is 14.4. The van der Waals surface area contributed by atoms with Crippen molar-refractivity contribution in [2.75, 3.05) is 14.2 Å². The standard InChI is InChI=1S/C19H18N2O4/c1-12-17(13-4-8-15(24-2)9-5-13)19(21(22)23)18(20-12)14-6-10-16(25-3)11-7-14/h4-11,20H,1-3H3. The van der Waals surface area contributed by atoms with Crippen LogP contribution in [0.1, 0.15) is 5.69 Å². The van der Waals surface area contributed by atoms with Crippen LogP contribution in [0.2, 0.25) is 0 Å². The zero-order chi connectivity index (χ0) is 18.0. The lowest BCUT2D eigenvalue weighted by Gasteiger charge is -2.04. The molecule has 0 spiro atoms. The predicted molar refractivity (Wildman–Crippen MR) is 96.2 cm³/mol. The van der Waals surface area contributed by atoms with Crippen LogP contribution in [0.3, 0.4) is 0 Å². The molecule has 6 heteroatoms. The van der Waals surface area contributed by atoms with Gasteiger partial charge in [0.05, 0.1) is 24.7 Å². The number of aromatic amines is 1. The Bertz CT molecular complexity index is 896. The summed E-state index contributed by atoms with van der Waals surface area (Å²) in [5.41, 5.74) is 3.36. The van der Waals surface area contributed by atoms with Gasteiger partial charge in [0.25, 0.3) is 0 Å². The minimum Gasteiger partial charge on any atom is -0.497 e. The van der Waals surface area contributed by atoms with Crippen molar-refractivity contribution in [3.63, 3.8) is 0 Å². The van der Waals surface area contributed by atoms with Gasteiger partial charge in [0.1, 0.15) is 17.2 Å². The fraction of sp³-hybridized carbons (Fsp3) is 0.158. The number of aromatic nitrogens is 1. The van der Waals surface area contributed by atoms with Gasteiger partial charge in [0.15, 0.2) is 0 Å². The number of ether oxygens (including phenoxy) is 2. The first-order chi connectivity index (χ1) is 12.0. The topological polar surface area (TPSA) is 77.4 Å². The number of aryl methyl sites for hydroxylation is 1. The lowest BCUT2D eigenvalue weighted by atomic mass is 10.0. The second kappa shape index (κ2) is 6.68. The number of benzene rings is 2. The molecule has 0 unspecified atom stereocenters. The Balaban J connectivity index is 2.15. The SMILES string of the molecule is COc1ccc(-c2[nH]c(C)c(-c3ccc(OC)cc3)c2[N+](=O)[O-])cc1. The van der Waals surface area contributed by atoms with Crippen molar-refractivity contribution in [2.45, 2.75) is 6.92 Å². The van der Waals surface area contributed by atoms with Crippen LogP contribution in [-0.2, 0) is 0 Å². The fourth-order valence-corrected chi connectivity index (χ4v) is 2.87. The maximum Gasteiger partial charge on any atom is 0.302 e. The van der Waals surface area contributed by atoms with Crippen molar-refractivity contribution in [2.24, 2.45) is 0 Å². The van der Waals surface area contributed by atoms with Crippen LogP contribution in [0.4, 0.5) is 5.69 Å². The van der Waals surface area contributed by atoms with E-state index in [1.165, 1.54) is 0 Å². The first kappa shape index (κ1) is 16.6. The normalized spacial score (nSPS) is 10.5. The van der Waals surface area contributed by atoms with Crippen molar-refractivity contribution in [3.05, 3.63) is 64.3 Å². The van der Waals surface area contributed by atoms with Gasteiger partial charge in [-0.1, -0.05) is 12.1 Å². The summed E-state index contributed by atoms with van der Waals surface area (Å²) < 4.78 is 10.3. The van der Waals surface area contributed by atoms with Crippen LogP contribution in [0, 0.1) is 17.0 Å². The Morgan fingerprint density at radius 3 is 1.80 bits per heavy atom. The molecule has 1 aromatic heterocycles. The Kier molecular flexibility index (Phi) is 4.43. The van der Waals surface area contributed by atoms with Crippen molar-refractivity contribution in [1.82, 2.24) is 4.98 Å². The van der Waals surface area contributed by atoms with E-state index in [1.807, 2.05) is 19.1 Å². The summed E-state index contributed by atoms with van der Waals surface area (Å²) in [7, 11) is 3.17. The lowest BCUT2D eigenvalue weighted by Crippen LogP contribution is -1.92. The van der Waals surface area contributed by atoms with Gasteiger partial charge >= 0.3 is 5.69 Å². The van der Waals surface area contributed by atoms with Crippen LogP contribution in [0.25, 0.3) is 22.4 Å². The molecule has 1 N–H and O–H groups in total. The molecule has 2 aromatic carbocycles. The molecule has 6 nitrogen and oxygen atoms in total. The zero-order valence-corrected chi connectivity index (χ0v) is 14.2. The molecule has 0 aliphatic rings. The number of hydrogen-bond donors (Lipinski definition) is 1. The molecule has 3 aromatic rings. The molecule has 0 aliphatic carbocycles. The third kappa shape index (κ3) is 3.06. The van der Waals surface area contributed by atoms with Crippen molar-refractivity contribution in [3.8, 4) is 33.9 Å². The smallest absolute Gasteiger partial charge is 0.302 e. The summed E-state index contributed by atoms with van der Waals surface area (Å²) in [6.07, 6.45) is 0. The van der Waals surface area contributed by atoms with E-state index in [-0.39, 0.29) is 10.6 Å². The second-order valence-electron chi connectivity index (χ2n) is 5.56. The summed E-state index contributed by atoms with van der Waals surface area (Å²) >= 11 is 0. The van der Waals surface area contributed by atoms with Crippen molar-refractivity contribution >= 4 is 5.69 Å². The maximum absolute atomic E-state index is 11.8. The number of nitrogens with one attached hydrogen (secondary N) is 1. The highest BCUT2D eigenvalue weighted by Gasteiger charge is 2.27. The van der Waals surface area contributed by atoms with Gasteiger partial charge in [-0.25, -0.2) is 0 Å². The number of nitrogens with zero attached hydrogens (tertiary/aromatic N) is 1. The molecule has 0 aliphatic heterocycles. The largest absolute Gasteiger partial charge is 0.497 e. The Morgan fingerprint density at radius 1 is 0.880 bits per heavy atom. The second-order valence-corrected chi connectivity index (χ2v) is 5.56. The van der Waals surface area contributed by atoms with E-state index >= 15 is 0 Å². The highest BCUT2D eigenvalue weighted by Crippen LogP contribution is 2.41. The molecule has 25 heavy (non-hydrogen) atoms. The Morgan fingerprint density at radius 2 is 1.36 bits per heavy atom. The third-order valence-corrected chi connectivity index (χ3v) is 4.10. The van der Waals surface area contributed by atoms with E-state index in [0.29, 0.717) is 22.8 Å². The van der Waals surface area contributed by atoms with Crippen LogP contribution in [-0.4, -0.2) is 24.1 Å². The van der Waals surface area contributed by atoms with E-state index in [1.54, 1.807) is 50.6 Å². The molecule has 0 saturated carbocycles. The monoisotopic (exact) mass is 338 g/mol. The number of hydrogen-bond acceptors (Lipinski definition) is 4. The summed E-state index contributed by atoms with van der Waals surface area (Å²) in [5.74, 6) is 1.40. The number of rotatable bonds is 5. The number of H-pyrrole nitrogens is 1. The van der Waals surface area contributed by atoms with Gasteiger partial charge in [0, 0.05) is 11.3 Å². The van der Waals surface area contributed by atoms with E-state index < -0.39 is 0 Å². The molecule has 3 rings (SSSR count). The zero-order valence-electron chi connectivity index (χ0n) is 14.2. The first-order valence-corrected chi connectivity index (χ1v) is 7.71. The van der Waals surface area contributed by atoms with Crippen molar-refractivity contribution < 1.29 is 14.4 Å². The molecular weight excluding hydrogens is 320 g/mol. The van der Waals surface area contributed by atoms with Gasteiger partial charge in [-0.2, -0.15) is 0 Å². The lowest BCUT2D eigenvalue weighted by molar-refractivity contribution is -0.383. The molecule has 1 heterocycles. The fourth-order valence-electron chi connectivity index (χ4n) is 2.87. The minimum absolute atomic E-state index is 0.0628. The van der Waals surface area contributed by atoms with Crippen LogP contribution in [0.5, 0.6) is 11.5 Å². The molecule has 0 amide bonds. The average Bonchev–Trinajstić information content (AvgIpc) is 2.99. The molecular formula is C19H18N2O4. The van der Waals surface area contributed by atoms with E-state index in [2.05, 4.69) is 4.98 Å². The predicted octanol–water partition coefficient (Wildman–Crippen LogP) is 4.58. The van der Waals surface area contributed by atoms with Gasteiger partial charge in [0.2, 0.25) is 0 Å². The highest BCUT2D eigenvalue weighted by atomic mass is 16.6. The Labute approximate surface area is 145 Å². The van der Waals surface area contributed by atoms with E-state index in [9.17, 15) is 10.1 Å². The molecule has 0 bridgehead atoms. The summed E-state index contributed by atoms with van der Waals surface area (Å²) in [5, 5.41) is 11.8. The minimum atomic E-state index is -0.345. The summed E-state index contributed by atoms with van der Waals surface area (Å²) in [6.45, 7) is 1.83. The average molecular weight is 338 g/mol. The number of nitro groups is 1. The highest BCUT2D eigenvalue weighted by molar-refractivity contribution is 5.87. The van der Waals surface area contributed by atoms with Crippen molar-refractivity contribution in [1.29, 1.82) is 0 Å². The van der Waals surface area contributed by atoms with Gasteiger partial charge in [-0.15, -0.1) is 0 Å². The van der Waals surface area contributed by atoms with E-state index in [0.717, 1.165) is 16.8 Å².